The first-order valence-corrected chi connectivity index (χ1v) is 3.45. The lowest BCUT2D eigenvalue weighted by atomic mass is 11.0. The fourth-order valence-corrected chi connectivity index (χ4v) is 0. The summed E-state index contributed by atoms with van der Waals surface area (Å²) >= 11 is 0. The normalized spacial score (nSPS) is 6.00. The third-order valence-corrected chi connectivity index (χ3v) is 0. The van der Waals surface area contributed by atoms with Gasteiger partial charge in [0.15, 0.2) is 0 Å². The van der Waals surface area contributed by atoms with Crippen LogP contribution in [0, 0.1) is 0 Å². The van der Waals surface area contributed by atoms with E-state index in [1.54, 1.807) is 0 Å². The second kappa shape index (κ2) is 26.1. The van der Waals surface area contributed by atoms with E-state index >= 15 is 0 Å². The third-order valence-electron chi connectivity index (χ3n) is 0. The van der Waals surface area contributed by atoms with Crippen molar-refractivity contribution in [2.75, 3.05) is 0 Å². The monoisotopic (exact) mass is 108 g/mol. The van der Waals surface area contributed by atoms with E-state index in [4.69, 9.17) is 0 Å². The molecule has 0 saturated heterocycles. The Morgan fingerprint density at radius 3 is 1.20 bits per heavy atom. The summed E-state index contributed by atoms with van der Waals surface area (Å²) in [6.07, 6.45) is 0. The molecule has 0 amide bonds. The Hall–Kier alpha value is 0.394. The molecule has 0 saturated carbocycles. The van der Waals surface area contributed by atoms with Gasteiger partial charge in [0.2, 0.25) is 0 Å². The van der Waals surface area contributed by atoms with Crippen LogP contribution in [0.3, 0.4) is 0 Å². The summed E-state index contributed by atoms with van der Waals surface area (Å²) in [5.41, 5.74) is 0. The lowest BCUT2D eigenvalue weighted by Crippen LogP contribution is -1.65. The molecule has 0 spiro atoms. The van der Waals surface area contributed by atoms with Crippen molar-refractivity contribution in [2.45, 2.75) is 13.8 Å². The molecule has 0 radical (unpaired) electrons. The van der Waals surface area contributed by atoms with Gasteiger partial charge in [-0.2, -0.15) is 0 Å². The van der Waals surface area contributed by atoms with E-state index in [0.717, 1.165) is 21.0 Å². The van der Waals surface area contributed by atoms with E-state index in [2.05, 4.69) is 4.12 Å². The molecule has 0 aromatic heterocycles. The van der Waals surface area contributed by atoms with Gasteiger partial charge >= 0.3 is 0 Å². The Labute approximate surface area is 39.8 Å². The molecule has 0 aliphatic carbocycles. The Morgan fingerprint density at radius 2 is 1.20 bits per heavy atom. The zero-order chi connectivity index (χ0) is 4.71. The molecular weight excluding hydrogens is 96.2 g/mol. The highest BCUT2D eigenvalue weighted by molar-refractivity contribution is 6.15. The number of hydrogen-bond acceptors (Lipinski definition) is 1. The van der Waals surface area contributed by atoms with Crippen LogP contribution in [0.5, 0.6) is 0 Å². The Bertz CT molecular complexity index is 7.61. The Kier molecular flexibility index (Phi) is 47.1. The topological polar surface area (TPSA) is 9.23 Å². The standard InChI is InChI=1S/C2H6.H6OSi2/c1-2;2-1-3/h1-2H3;2-3H3. The SMILES string of the molecule is CC.[SiH3]O[SiH3]. The molecule has 0 atom stereocenters. The summed E-state index contributed by atoms with van der Waals surface area (Å²) in [4.78, 5) is 0. The lowest BCUT2D eigenvalue weighted by Gasteiger charge is -1.62. The molecule has 0 heterocycles. The van der Waals surface area contributed by atoms with Crippen LogP contribution in [0.25, 0.3) is 0 Å². The highest BCUT2D eigenvalue weighted by Gasteiger charge is 1.28. The quantitative estimate of drug-likeness (QED) is 0.346. The molecule has 0 aromatic rings. The van der Waals surface area contributed by atoms with Gasteiger partial charge in [0.05, 0.1) is 0 Å². The predicted octanol–water partition coefficient (Wildman–Crippen LogP) is -1.41. The minimum absolute atomic E-state index is 0.931. The van der Waals surface area contributed by atoms with Crippen molar-refractivity contribution in [1.29, 1.82) is 0 Å². The largest absolute Gasteiger partial charge is 0.471 e. The highest BCUT2D eigenvalue weighted by atomic mass is 28.3. The first kappa shape index (κ1) is 9.04. The van der Waals surface area contributed by atoms with Crippen LogP contribution >= 0.6 is 0 Å². The summed E-state index contributed by atoms with van der Waals surface area (Å²) in [5, 5.41) is 0. The van der Waals surface area contributed by atoms with Crippen LogP contribution < -0.4 is 0 Å². The molecule has 0 unspecified atom stereocenters. The van der Waals surface area contributed by atoms with Crippen molar-refractivity contribution < 1.29 is 4.12 Å². The van der Waals surface area contributed by atoms with Crippen LogP contribution in [0.1, 0.15) is 13.8 Å². The van der Waals surface area contributed by atoms with Crippen LogP contribution in [-0.4, -0.2) is 21.0 Å². The molecule has 1 nitrogen and oxygen atoms in total. The predicted molar refractivity (Wildman–Crippen MR) is 32.3 cm³/mol. The van der Waals surface area contributed by atoms with Crippen LogP contribution in [-0.2, 0) is 4.12 Å². The average molecular weight is 108 g/mol. The van der Waals surface area contributed by atoms with Crippen molar-refractivity contribution in [3.05, 3.63) is 0 Å². The first-order chi connectivity index (χ1) is 2.41. The summed E-state index contributed by atoms with van der Waals surface area (Å²) in [7, 11) is 1.86. The minimum atomic E-state index is 0.931. The zero-order valence-corrected chi connectivity index (χ0v) is 8.41. The maximum absolute atomic E-state index is 4.53. The molecule has 0 fully saturated rings. The van der Waals surface area contributed by atoms with E-state index in [-0.39, 0.29) is 0 Å². The van der Waals surface area contributed by atoms with E-state index in [1.165, 1.54) is 0 Å². The van der Waals surface area contributed by atoms with E-state index < -0.39 is 0 Å². The van der Waals surface area contributed by atoms with Crippen LogP contribution in [0.4, 0.5) is 0 Å². The Morgan fingerprint density at radius 1 is 1.20 bits per heavy atom. The van der Waals surface area contributed by atoms with Gasteiger partial charge in [-0.3, -0.25) is 0 Å². The van der Waals surface area contributed by atoms with Gasteiger partial charge in [-0.25, -0.2) is 0 Å². The smallest absolute Gasteiger partial charge is 0.129 e. The van der Waals surface area contributed by atoms with Gasteiger partial charge in [0.25, 0.3) is 0 Å². The zero-order valence-electron chi connectivity index (χ0n) is 4.41. The van der Waals surface area contributed by atoms with Crippen LogP contribution in [0.15, 0.2) is 0 Å². The molecular formula is C2H12OSi2. The van der Waals surface area contributed by atoms with E-state index in [1.807, 2.05) is 13.8 Å². The van der Waals surface area contributed by atoms with E-state index in [0.29, 0.717) is 0 Å². The lowest BCUT2D eigenvalue weighted by molar-refractivity contribution is 0.690. The highest BCUT2D eigenvalue weighted by Crippen LogP contribution is 1.20. The molecule has 0 aliphatic rings. The maximum Gasteiger partial charge on any atom is 0.129 e. The minimum Gasteiger partial charge on any atom is -0.471 e. The molecule has 0 bridgehead atoms. The summed E-state index contributed by atoms with van der Waals surface area (Å²) in [6.45, 7) is 4.00. The third kappa shape index (κ3) is 162. The van der Waals surface area contributed by atoms with Gasteiger partial charge in [-0.05, 0) is 0 Å². The van der Waals surface area contributed by atoms with Crippen LogP contribution in [0.2, 0.25) is 0 Å². The van der Waals surface area contributed by atoms with Gasteiger partial charge in [0.1, 0.15) is 21.0 Å². The fraction of sp³-hybridized carbons (Fsp3) is 1.00. The number of hydrogen-bond donors (Lipinski definition) is 0. The first-order valence-electron chi connectivity index (χ1n) is 1.82. The molecule has 0 rings (SSSR count). The van der Waals surface area contributed by atoms with Crippen molar-refractivity contribution in [3.63, 3.8) is 0 Å². The summed E-state index contributed by atoms with van der Waals surface area (Å²) in [5.74, 6) is 0. The Balaban J connectivity index is 0. The molecule has 34 valence electrons. The second-order valence-electron chi connectivity index (χ2n) is 0.408. The summed E-state index contributed by atoms with van der Waals surface area (Å²) < 4.78 is 4.53. The van der Waals surface area contributed by atoms with Gasteiger partial charge < -0.3 is 4.12 Å². The number of rotatable bonds is 0. The summed E-state index contributed by atoms with van der Waals surface area (Å²) in [6, 6.07) is 0. The van der Waals surface area contributed by atoms with Crippen molar-refractivity contribution in [2.24, 2.45) is 0 Å². The van der Waals surface area contributed by atoms with Crippen molar-refractivity contribution in [1.82, 2.24) is 0 Å². The van der Waals surface area contributed by atoms with Gasteiger partial charge in [0, 0.05) is 0 Å². The average Bonchev–Trinajstić information content (AvgIpc) is 1.46. The van der Waals surface area contributed by atoms with Crippen molar-refractivity contribution >= 4 is 21.0 Å². The molecule has 0 aromatic carbocycles. The molecule has 0 aliphatic heterocycles. The maximum atomic E-state index is 4.53. The molecule has 3 heteroatoms. The van der Waals surface area contributed by atoms with Crippen molar-refractivity contribution in [3.8, 4) is 0 Å². The molecule has 5 heavy (non-hydrogen) atoms. The second-order valence-corrected chi connectivity index (χ2v) is 3.67. The van der Waals surface area contributed by atoms with E-state index in [9.17, 15) is 0 Å². The van der Waals surface area contributed by atoms with Gasteiger partial charge in [-0.15, -0.1) is 0 Å². The fourth-order valence-electron chi connectivity index (χ4n) is 0. The molecule has 0 N–H and O–H groups in total. The van der Waals surface area contributed by atoms with Gasteiger partial charge in [-0.1, -0.05) is 13.8 Å².